The fraction of sp³-hybridized carbons (Fsp3) is 0. The molecule has 0 amide bonds. The van der Waals surface area contributed by atoms with Gasteiger partial charge in [0.25, 0.3) is 0 Å². The van der Waals surface area contributed by atoms with Crippen molar-refractivity contribution in [2.75, 3.05) is 0 Å². The average molecular weight is 439 g/mol. The van der Waals surface area contributed by atoms with Crippen molar-refractivity contribution in [1.82, 2.24) is 9.55 Å². The van der Waals surface area contributed by atoms with Crippen LogP contribution >= 0.6 is 15.9 Å². The number of halogens is 1. The molecule has 0 fully saturated rings. The highest BCUT2D eigenvalue weighted by atomic mass is 79.9. The van der Waals surface area contributed by atoms with Gasteiger partial charge in [-0.3, -0.25) is 0 Å². The van der Waals surface area contributed by atoms with Crippen LogP contribution in [0.5, 0.6) is 0 Å². The smallest absolute Gasteiger partial charge is 0.227 e. The van der Waals surface area contributed by atoms with Crippen LogP contribution in [0.25, 0.3) is 50.0 Å². The second-order valence-corrected chi connectivity index (χ2v) is 7.97. The molecule has 0 aliphatic rings. The summed E-state index contributed by atoms with van der Waals surface area (Å²) in [6.07, 6.45) is 0. The SMILES string of the molecule is Brc1ccc2c(c1)c1cc3oc(-c4ccccc4)nc3cc1n2-c1ccccc1. The van der Waals surface area contributed by atoms with E-state index in [1.165, 1.54) is 5.39 Å². The zero-order valence-corrected chi connectivity index (χ0v) is 16.9. The van der Waals surface area contributed by atoms with E-state index in [-0.39, 0.29) is 0 Å². The van der Waals surface area contributed by atoms with E-state index in [4.69, 9.17) is 9.40 Å². The molecule has 138 valence electrons. The Balaban J connectivity index is 1.71. The van der Waals surface area contributed by atoms with Crippen molar-refractivity contribution < 1.29 is 4.42 Å². The molecule has 0 spiro atoms. The van der Waals surface area contributed by atoms with E-state index in [0.29, 0.717) is 5.89 Å². The summed E-state index contributed by atoms with van der Waals surface area (Å²) in [5.41, 5.74) is 6.03. The van der Waals surface area contributed by atoms with E-state index in [9.17, 15) is 0 Å². The minimum absolute atomic E-state index is 0.644. The Morgan fingerprint density at radius 1 is 0.724 bits per heavy atom. The number of rotatable bonds is 2. The van der Waals surface area contributed by atoms with E-state index < -0.39 is 0 Å². The van der Waals surface area contributed by atoms with Gasteiger partial charge in [0.1, 0.15) is 5.52 Å². The molecular formula is C25H15BrN2O. The molecule has 2 aromatic heterocycles. The van der Waals surface area contributed by atoms with E-state index in [2.05, 4.69) is 75.1 Å². The van der Waals surface area contributed by atoms with Crippen LogP contribution in [-0.2, 0) is 0 Å². The van der Waals surface area contributed by atoms with Gasteiger partial charge in [-0.25, -0.2) is 4.98 Å². The third kappa shape index (κ3) is 2.60. The van der Waals surface area contributed by atoms with Crippen molar-refractivity contribution in [3.05, 3.63) is 95.5 Å². The highest BCUT2D eigenvalue weighted by Gasteiger charge is 2.16. The Morgan fingerprint density at radius 2 is 1.45 bits per heavy atom. The molecule has 29 heavy (non-hydrogen) atoms. The molecule has 0 unspecified atom stereocenters. The summed E-state index contributed by atoms with van der Waals surface area (Å²) in [4.78, 5) is 4.77. The Labute approximate surface area is 175 Å². The summed E-state index contributed by atoms with van der Waals surface area (Å²) in [6, 6.07) is 31.1. The Hall–Kier alpha value is -3.37. The second-order valence-electron chi connectivity index (χ2n) is 7.05. The molecule has 6 rings (SSSR count). The number of fused-ring (bicyclic) bond motifs is 4. The van der Waals surface area contributed by atoms with Gasteiger partial charge in [0.2, 0.25) is 5.89 Å². The lowest BCUT2D eigenvalue weighted by Gasteiger charge is -2.07. The lowest BCUT2D eigenvalue weighted by Crippen LogP contribution is -1.92. The molecule has 0 bridgehead atoms. The van der Waals surface area contributed by atoms with Crippen LogP contribution in [0.15, 0.2) is 99.9 Å². The fourth-order valence-corrected chi connectivity index (χ4v) is 4.33. The minimum atomic E-state index is 0.644. The standard InChI is InChI=1S/C25H15BrN2O/c26-17-11-12-22-19(13-17)20-14-24-21(27-25(29-24)16-7-3-1-4-8-16)15-23(20)28(22)18-9-5-2-6-10-18/h1-15H. The maximum absolute atomic E-state index is 6.12. The van der Waals surface area contributed by atoms with Gasteiger partial charge in [-0.15, -0.1) is 0 Å². The predicted molar refractivity (Wildman–Crippen MR) is 121 cm³/mol. The van der Waals surface area contributed by atoms with Crippen LogP contribution in [0.3, 0.4) is 0 Å². The van der Waals surface area contributed by atoms with Crippen LogP contribution in [0.2, 0.25) is 0 Å². The third-order valence-electron chi connectivity index (χ3n) is 5.27. The van der Waals surface area contributed by atoms with Gasteiger partial charge in [-0.2, -0.15) is 0 Å². The molecule has 4 heteroatoms. The third-order valence-corrected chi connectivity index (χ3v) is 5.76. The van der Waals surface area contributed by atoms with Crippen molar-refractivity contribution in [2.24, 2.45) is 0 Å². The number of aromatic nitrogens is 2. The molecule has 3 nitrogen and oxygen atoms in total. The maximum Gasteiger partial charge on any atom is 0.227 e. The van der Waals surface area contributed by atoms with E-state index in [1.807, 2.05) is 36.4 Å². The monoisotopic (exact) mass is 438 g/mol. The lowest BCUT2D eigenvalue weighted by molar-refractivity contribution is 0.620. The molecule has 0 N–H and O–H groups in total. The number of para-hydroxylation sites is 1. The van der Waals surface area contributed by atoms with Crippen molar-refractivity contribution in [3.8, 4) is 17.1 Å². The van der Waals surface area contributed by atoms with Gasteiger partial charge in [0, 0.05) is 26.5 Å². The molecule has 0 radical (unpaired) electrons. The first kappa shape index (κ1) is 16.6. The summed E-state index contributed by atoms with van der Waals surface area (Å²) in [7, 11) is 0. The minimum Gasteiger partial charge on any atom is -0.436 e. The normalized spacial score (nSPS) is 11.6. The first-order chi connectivity index (χ1) is 14.3. The number of hydrogen-bond donors (Lipinski definition) is 0. The van der Waals surface area contributed by atoms with Gasteiger partial charge < -0.3 is 8.98 Å². The molecule has 0 aliphatic heterocycles. The lowest BCUT2D eigenvalue weighted by atomic mass is 10.1. The van der Waals surface area contributed by atoms with E-state index in [1.54, 1.807) is 0 Å². The first-order valence-corrected chi connectivity index (χ1v) is 10.2. The molecular weight excluding hydrogens is 424 g/mol. The van der Waals surface area contributed by atoms with Gasteiger partial charge in [-0.05, 0) is 54.6 Å². The van der Waals surface area contributed by atoms with Crippen LogP contribution in [-0.4, -0.2) is 9.55 Å². The summed E-state index contributed by atoms with van der Waals surface area (Å²) in [5, 5.41) is 2.33. The summed E-state index contributed by atoms with van der Waals surface area (Å²) >= 11 is 3.62. The van der Waals surface area contributed by atoms with Crippen molar-refractivity contribution in [2.45, 2.75) is 0 Å². The quantitative estimate of drug-likeness (QED) is 0.282. The molecule has 0 saturated heterocycles. The van der Waals surface area contributed by atoms with Gasteiger partial charge in [0.05, 0.1) is 11.0 Å². The van der Waals surface area contributed by atoms with Crippen molar-refractivity contribution >= 4 is 48.8 Å². The van der Waals surface area contributed by atoms with Crippen LogP contribution < -0.4 is 0 Å². The van der Waals surface area contributed by atoms with Gasteiger partial charge in [0.15, 0.2) is 5.58 Å². The first-order valence-electron chi connectivity index (χ1n) is 9.43. The number of oxazole rings is 1. The highest BCUT2D eigenvalue weighted by Crippen LogP contribution is 2.37. The molecule has 6 aromatic rings. The number of benzene rings is 4. The summed E-state index contributed by atoms with van der Waals surface area (Å²) in [6.45, 7) is 0. The number of hydrogen-bond acceptors (Lipinski definition) is 2. The topological polar surface area (TPSA) is 31.0 Å². The average Bonchev–Trinajstić information content (AvgIpc) is 3.31. The Bertz CT molecular complexity index is 1500. The van der Waals surface area contributed by atoms with Gasteiger partial charge in [-0.1, -0.05) is 52.3 Å². The summed E-state index contributed by atoms with van der Waals surface area (Å²) < 4.78 is 9.46. The van der Waals surface area contributed by atoms with E-state index >= 15 is 0 Å². The highest BCUT2D eigenvalue weighted by molar-refractivity contribution is 9.10. The fourth-order valence-electron chi connectivity index (χ4n) is 3.97. The van der Waals surface area contributed by atoms with Crippen LogP contribution in [0.1, 0.15) is 0 Å². The zero-order valence-electron chi connectivity index (χ0n) is 15.3. The maximum atomic E-state index is 6.12. The molecule has 2 heterocycles. The molecule has 0 saturated carbocycles. The molecule has 4 aromatic carbocycles. The zero-order chi connectivity index (χ0) is 19.4. The second kappa shape index (κ2) is 6.33. The van der Waals surface area contributed by atoms with Crippen molar-refractivity contribution in [3.63, 3.8) is 0 Å². The van der Waals surface area contributed by atoms with Gasteiger partial charge >= 0.3 is 0 Å². The summed E-state index contributed by atoms with van der Waals surface area (Å²) in [5.74, 6) is 0.644. The Kier molecular flexibility index (Phi) is 3.61. The van der Waals surface area contributed by atoms with Crippen LogP contribution in [0, 0.1) is 0 Å². The Morgan fingerprint density at radius 3 is 2.24 bits per heavy atom. The van der Waals surface area contributed by atoms with E-state index in [0.717, 1.165) is 43.2 Å². The molecule has 0 aliphatic carbocycles. The largest absolute Gasteiger partial charge is 0.436 e. The van der Waals surface area contributed by atoms with Crippen LogP contribution in [0.4, 0.5) is 0 Å². The molecule has 0 atom stereocenters. The predicted octanol–water partition coefficient (Wildman–Crippen LogP) is 7.35. The van der Waals surface area contributed by atoms with Crippen molar-refractivity contribution in [1.29, 1.82) is 0 Å². The number of nitrogens with zero attached hydrogens (tertiary/aromatic N) is 2.